The molecule has 0 aromatic carbocycles. The monoisotopic (exact) mass is 409 g/mol. The Labute approximate surface area is 166 Å². The number of piperidine rings is 1. The summed E-state index contributed by atoms with van der Waals surface area (Å²) in [6.45, 7) is 4.50. The number of hydrogen-bond donors (Lipinski definition) is 2. The third-order valence-corrected chi connectivity index (χ3v) is 5.72. The number of hydrogen-bond acceptors (Lipinski definition) is 5. The SMILES string of the molecule is CC1(c2cc(Nc3cc(C(F)(F)F)ccn3)nc(N3CC(F)C3)c2)CCNCC1. The second-order valence-electron chi connectivity index (χ2n) is 7.96. The maximum Gasteiger partial charge on any atom is 0.416 e. The van der Waals surface area contributed by atoms with Gasteiger partial charge in [-0.05, 0) is 61.2 Å². The van der Waals surface area contributed by atoms with E-state index in [1.165, 1.54) is 0 Å². The van der Waals surface area contributed by atoms with Crippen LogP contribution in [0.3, 0.4) is 0 Å². The van der Waals surface area contributed by atoms with E-state index in [0.717, 1.165) is 49.8 Å². The van der Waals surface area contributed by atoms with Gasteiger partial charge >= 0.3 is 6.18 Å². The molecule has 0 unspecified atom stereocenters. The number of rotatable bonds is 4. The van der Waals surface area contributed by atoms with Crippen LogP contribution in [0.5, 0.6) is 0 Å². The van der Waals surface area contributed by atoms with Gasteiger partial charge in [0, 0.05) is 6.20 Å². The van der Waals surface area contributed by atoms with E-state index >= 15 is 0 Å². The summed E-state index contributed by atoms with van der Waals surface area (Å²) in [5.41, 5.74) is 0.182. The third kappa shape index (κ3) is 4.29. The fourth-order valence-electron chi connectivity index (χ4n) is 3.78. The van der Waals surface area contributed by atoms with Gasteiger partial charge in [-0.25, -0.2) is 14.4 Å². The van der Waals surface area contributed by atoms with Crippen molar-refractivity contribution in [3.63, 3.8) is 0 Å². The van der Waals surface area contributed by atoms with Gasteiger partial charge in [0.25, 0.3) is 0 Å². The van der Waals surface area contributed by atoms with Crippen molar-refractivity contribution in [3.8, 4) is 0 Å². The zero-order valence-electron chi connectivity index (χ0n) is 16.1. The zero-order chi connectivity index (χ0) is 20.6. The quantitative estimate of drug-likeness (QED) is 0.747. The van der Waals surface area contributed by atoms with Gasteiger partial charge in [-0.2, -0.15) is 13.2 Å². The van der Waals surface area contributed by atoms with E-state index in [4.69, 9.17) is 0 Å². The second-order valence-corrected chi connectivity index (χ2v) is 7.96. The number of halogens is 4. The highest BCUT2D eigenvalue weighted by molar-refractivity contribution is 5.59. The zero-order valence-corrected chi connectivity index (χ0v) is 16.1. The average molecular weight is 409 g/mol. The highest BCUT2D eigenvalue weighted by Gasteiger charge is 2.33. The second kappa shape index (κ2) is 7.44. The third-order valence-electron chi connectivity index (χ3n) is 5.72. The van der Waals surface area contributed by atoms with Gasteiger partial charge in [-0.15, -0.1) is 0 Å². The van der Waals surface area contributed by atoms with Crippen molar-refractivity contribution in [2.24, 2.45) is 0 Å². The van der Waals surface area contributed by atoms with Crippen molar-refractivity contribution in [1.29, 1.82) is 0 Å². The molecule has 0 spiro atoms. The predicted octanol–water partition coefficient (Wildman–Crippen LogP) is 4.04. The minimum Gasteiger partial charge on any atom is -0.351 e. The molecule has 4 rings (SSSR count). The molecule has 9 heteroatoms. The van der Waals surface area contributed by atoms with Gasteiger partial charge in [0.05, 0.1) is 18.7 Å². The molecule has 2 N–H and O–H groups in total. The molecule has 2 aliphatic heterocycles. The Morgan fingerprint density at radius 2 is 1.86 bits per heavy atom. The first-order valence-corrected chi connectivity index (χ1v) is 9.66. The summed E-state index contributed by atoms with van der Waals surface area (Å²) in [4.78, 5) is 10.3. The van der Waals surface area contributed by atoms with E-state index in [9.17, 15) is 17.6 Å². The van der Waals surface area contributed by atoms with E-state index in [1.54, 1.807) is 0 Å². The molecular formula is C20H23F4N5. The maximum atomic E-state index is 13.4. The molecule has 156 valence electrons. The summed E-state index contributed by atoms with van der Waals surface area (Å²) >= 11 is 0. The van der Waals surface area contributed by atoms with Crippen LogP contribution < -0.4 is 15.5 Å². The number of anilines is 3. The van der Waals surface area contributed by atoms with Crippen LogP contribution in [0.1, 0.15) is 30.9 Å². The van der Waals surface area contributed by atoms with Crippen molar-refractivity contribution in [2.75, 3.05) is 36.4 Å². The summed E-state index contributed by atoms with van der Waals surface area (Å²) in [6.07, 6.45) is -2.34. The summed E-state index contributed by atoms with van der Waals surface area (Å²) < 4.78 is 52.4. The minimum atomic E-state index is -4.45. The van der Waals surface area contributed by atoms with Gasteiger partial charge in [-0.1, -0.05) is 6.92 Å². The first kappa shape index (κ1) is 19.9. The molecule has 0 bridgehead atoms. The van der Waals surface area contributed by atoms with Crippen LogP contribution in [0, 0.1) is 0 Å². The molecule has 29 heavy (non-hydrogen) atoms. The highest BCUT2D eigenvalue weighted by Crippen LogP contribution is 2.37. The van der Waals surface area contributed by atoms with Gasteiger partial charge in [0.1, 0.15) is 23.6 Å². The number of nitrogens with one attached hydrogen (secondary N) is 2. The van der Waals surface area contributed by atoms with Gasteiger partial charge in [0.2, 0.25) is 0 Å². The molecule has 5 nitrogen and oxygen atoms in total. The summed E-state index contributed by atoms with van der Waals surface area (Å²) in [5.74, 6) is 1.11. The Hall–Kier alpha value is -2.42. The Balaban J connectivity index is 1.67. The molecule has 0 atom stereocenters. The molecule has 2 aromatic heterocycles. The fourth-order valence-corrected chi connectivity index (χ4v) is 3.78. The summed E-state index contributed by atoms with van der Waals surface area (Å²) in [5, 5.41) is 6.25. The number of aromatic nitrogens is 2. The van der Waals surface area contributed by atoms with Crippen molar-refractivity contribution in [2.45, 2.75) is 37.5 Å². The molecular weight excluding hydrogens is 386 g/mol. The Bertz CT molecular complexity index is 873. The molecule has 2 aliphatic rings. The summed E-state index contributed by atoms with van der Waals surface area (Å²) in [6, 6.07) is 5.73. The molecule has 0 saturated carbocycles. The van der Waals surface area contributed by atoms with Crippen LogP contribution in [-0.2, 0) is 11.6 Å². The normalized spacial score (nSPS) is 19.7. The van der Waals surface area contributed by atoms with Crippen LogP contribution in [0.15, 0.2) is 30.5 Å². The van der Waals surface area contributed by atoms with Crippen LogP contribution in [0.2, 0.25) is 0 Å². The van der Waals surface area contributed by atoms with E-state index < -0.39 is 17.9 Å². The minimum absolute atomic E-state index is 0.0675. The summed E-state index contributed by atoms with van der Waals surface area (Å²) in [7, 11) is 0. The van der Waals surface area contributed by atoms with Crippen molar-refractivity contribution in [3.05, 3.63) is 41.6 Å². The average Bonchev–Trinajstić information content (AvgIpc) is 2.65. The lowest BCUT2D eigenvalue weighted by Gasteiger charge is -2.38. The molecule has 0 aliphatic carbocycles. The van der Waals surface area contributed by atoms with Crippen LogP contribution >= 0.6 is 0 Å². The van der Waals surface area contributed by atoms with Crippen molar-refractivity contribution in [1.82, 2.24) is 15.3 Å². The number of pyridine rings is 2. The lowest BCUT2D eigenvalue weighted by atomic mass is 9.75. The number of alkyl halides is 4. The topological polar surface area (TPSA) is 53.1 Å². The fraction of sp³-hybridized carbons (Fsp3) is 0.500. The van der Waals surface area contributed by atoms with Gasteiger partial charge < -0.3 is 15.5 Å². The Kier molecular flexibility index (Phi) is 5.10. The van der Waals surface area contributed by atoms with Crippen LogP contribution in [-0.4, -0.2) is 42.3 Å². The van der Waals surface area contributed by atoms with E-state index in [2.05, 4.69) is 27.5 Å². The predicted molar refractivity (Wildman–Crippen MR) is 103 cm³/mol. The van der Waals surface area contributed by atoms with Crippen LogP contribution in [0.4, 0.5) is 35.0 Å². The maximum absolute atomic E-state index is 13.4. The molecule has 4 heterocycles. The van der Waals surface area contributed by atoms with E-state index in [1.807, 2.05) is 17.0 Å². The lowest BCUT2D eigenvalue weighted by molar-refractivity contribution is -0.137. The highest BCUT2D eigenvalue weighted by atomic mass is 19.4. The van der Waals surface area contributed by atoms with E-state index in [0.29, 0.717) is 11.6 Å². The first-order valence-electron chi connectivity index (χ1n) is 9.66. The van der Waals surface area contributed by atoms with Crippen LogP contribution in [0.25, 0.3) is 0 Å². The first-order chi connectivity index (χ1) is 13.7. The smallest absolute Gasteiger partial charge is 0.351 e. The van der Waals surface area contributed by atoms with Gasteiger partial charge in [0.15, 0.2) is 0 Å². The van der Waals surface area contributed by atoms with E-state index in [-0.39, 0.29) is 24.3 Å². The Morgan fingerprint density at radius 3 is 2.52 bits per heavy atom. The number of nitrogens with zero attached hydrogens (tertiary/aromatic N) is 3. The molecule has 0 radical (unpaired) electrons. The lowest BCUT2D eigenvalue weighted by Crippen LogP contribution is -2.49. The Morgan fingerprint density at radius 1 is 1.14 bits per heavy atom. The molecule has 2 saturated heterocycles. The standard InChI is InChI=1S/C20H23F4N5/c1-19(3-6-25-7-4-19)14-9-17(28-18(10-14)29-11-15(21)12-29)27-16-8-13(2-5-26-16)20(22,23)24/h2,5,8-10,15,25H,3-4,6-7,11-12H2,1H3,(H,26,27,28). The molecule has 2 fully saturated rings. The molecule has 0 amide bonds. The largest absolute Gasteiger partial charge is 0.416 e. The molecule has 2 aromatic rings. The van der Waals surface area contributed by atoms with Gasteiger partial charge in [-0.3, -0.25) is 0 Å². The van der Waals surface area contributed by atoms with Crippen molar-refractivity contribution >= 4 is 17.5 Å². The van der Waals surface area contributed by atoms with Crippen molar-refractivity contribution < 1.29 is 17.6 Å².